The van der Waals surface area contributed by atoms with Gasteiger partial charge in [-0.2, -0.15) is 0 Å². The first-order valence-corrected chi connectivity index (χ1v) is 6.56. The van der Waals surface area contributed by atoms with Gasteiger partial charge in [-0.1, -0.05) is 18.2 Å². The van der Waals surface area contributed by atoms with Gasteiger partial charge in [-0.05, 0) is 32.9 Å². The van der Waals surface area contributed by atoms with Crippen LogP contribution in [0.4, 0.5) is 10.5 Å². The molecule has 1 aromatic carbocycles. The highest BCUT2D eigenvalue weighted by atomic mass is 16.6. The predicted octanol–water partition coefficient (Wildman–Crippen LogP) is 1.96. The number of aliphatic hydroxyl groups excluding tert-OH is 1. The molecule has 116 valence electrons. The standard InChI is InChI=1S/C15H21NO5/c1-15(2,3)21-14(19)16(10-12(17)13(18)20-4)11-8-6-5-7-9-11/h5-9,12,17H,10H2,1-4H3. The van der Waals surface area contributed by atoms with Gasteiger partial charge in [-0.3, -0.25) is 4.90 Å². The summed E-state index contributed by atoms with van der Waals surface area (Å²) in [7, 11) is 1.17. The Kier molecular flexibility index (Phi) is 5.72. The number of aliphatic hydroxyl groups is 1. The van der Waals surface area contributed by atoms with Crippen molar-refractivity contribution in [2.45, 2.75) is 32.5 Å². The fraction of sp³-hybridized carbons (Fsp3) is 0.467. The summed E-state index contributed by atoms with van der Waals surface area (Å²) in [5.74, 6) is -0.806. The molecule has 0 aromatic heterocycles. The lowest BCUT2D eigenvalue weighted by Crippen LogP contribution is -2.43. The fourth-order valence-corrected chi connectivity index (χ4v) is 1.59. The monoisotopic (exact) mass is 295 g/mol. The lowest BCUT2D eigenvalue weighted by molar-refractivity contribution is -0.149. The summed E-state index contributed by atoms with van der Waals surface area (Å²) in [4.78, 5) is 24.8. The Morgan fingerprint density at radius 2 is 1.81 bits per heavy atom. The molecule has 0 spiro atoms. The highest BCUT2D eigenvalue weighted by Gasteiger charge is 2.28. The maximum absolute atomic E-state index is 12.2. The normalized spacial score (nSPS) is 12.4. The number of hydrogen-bond donors (Lipinski definition) is 1. The topological polar surface area (TPSA) is 76.1 Å². The largest absolute Gasteiger partial charge is 0.467 e. The zero-order chi connectivity index (χ0) is 16.0. The highest BCUT2D eigenvalue weighted by Crippen LogP contribution is 2.18. The molecule has 0 fully saturated rings. The Labute approximate surface area is 124 Å². The van der Waals surface area contributed by atoms with Crippen molar-refractivity contribution in [1.82, 2.24) is 0 Å². The smallest absolute Gasteiger partial charge is 0.414 e. The van der Waals surface area contributed by atoms with Crippen LogP contribution in [-0.2, 0) is 14.3 Å². The van der Waals surface area contributed by atoms with Crippen molar-refractivity contribution in [3.05, 3.63) is 30.3 Å². The van der Waals surface area contributed by atoms with Crippen molar-refractivity contribution in [2.75, 3.05) is 18.6 Å². The lowest BCUT2D eigenvalue weighted by Gasteiger charge is -2.28. The zero-order valence-corrected chi connectivity index (χ0v) is 12.7. The van der Waals surface area contributed by atoms with Gasteiger partial charge in [0.2, 0.25) is 0 Å². The molecule has 0 heterocycles. The zero-order valence-electron chi connectivity index (χ0n) is 12.7. The van der Waals surface area contributed by atoms with Crippen LogP contribution in [0.15, 0.2) is 30.3 Å². The summed E-state index contributed by atoms with van der Waals surface area (Å²) in [6.45, 7) is 4.98. The van der Waals surface area contributed by atoms with E-state index in [1.54, 1.807) is 51.1 Å². The molecule has 6 heteroatoms. The van der Waals surface area contributed by atoms with Gasteiger partial charge in [0.15, 0.2) is 6.10 Å². The first kappa shape index (κ1) is 17.0. The molecular weight excluding hydrogens is 274 g/mol. The van der Waals surface area contributed by atoms with E-state index in [0.717, 1.165) is 0 Å². The molecule has 0 saturated heterocycles. The molecule has 0 saturated carbocycles. The first-order valence-electron chi connectivity index (χ1n) is 6.56. The molecule has 1 aromatic rings. The van der Waals surface area contributed by atoms with E-state index in [1.165, 1.54) is 12.0 Å². The Bertz CT molecular complexity index is 481. The van der Waals surface area contributed by atoms with Crippen molar-refractivity contribution >= 4 is 17.7 Å². The number of rotatable bonds is 4. The molecule has 0 aliphatic heterocycles. The first-order chi connectivity index (χ1) is 9.74. The van der Waals surface area contributed by atoms with Crippen molar-refractivity contribution in [3.63, 3.8) is 0 Å². The predicted molar refractivity (Wildman–Crippen MR) is 78.0 cm³/mol. The molecule has 0 bridgehead atoms. The number of benzene rings is 1. The molecule has 1 atom stereocenters. The molecule has 0 radical (unpaired) electrons. The number of methoxy groups -OCH3 is 1. The quantitative estimate of drug-likeness (QED) is 0.859. The van der Waals surface area contributed by atoms with Crippen LogP contribution in [0.25, 0.3) is 0 Å². The highest BCUT2D eigenvalue weighted by molar-refractivity contribution is 5.89. The number of carbonyl (C=O) groups is 2. The van der Waals surface area contributed by atoms with Crippen LogP contribution >= 0.6 is 0 Å². The Morgan fingerprint density at radius 1 is 1.24 bits per heavy atom. The molecular formula is C15H21NO5. The van der Waals surface area contributed by atoms with Crippen LogP contribution in [0.3, 0.4) is 0 Å². The van der Waals surface area contributed by atoms with Gasteiger partial charge >= 0.3 is 12.1 Å². The minimum atomic E-state index is -1.44. The molecule has 21 heavy (non-hydrogen) atoms. The van der Waals surface area contributed by atoms with E-state index < -0.39 is 23.8 Å². The Hall–Kier alpha value is -2.08. The van der Waals surface area contributed by atoms with Crippen molar-refractivity contribution in [2.24, 2.45) is 0 Å². The van der Waals surface area contributed by atoms with Crippen LogP contribution in [0.2, 0.25) is 0 Å². The summed E-state index contributed by atoms with van der Waals surface area (Å²) in [5.41, 5.74) is -0.157. The molecule has 0 aliphatic rings. The summed E-state index contributed by atoms with van der Waals surface area (Å²) in [5, 5.41) is 9.77. The van der Waals surface area contributed by atoms with E-state index in [-0.39, 0.29) is 6.54 Å². The molecule has 1 N–H and O–H groups in total. The number of ether oxygens (including phenoxy) is 2. The van der Waals surface area contributed by atoms with Crippen molar-refractivity contribution in [3.8, 4) is 0 Å². The van der Waals surface area contributed by atoms with E-state index in [1.807, 2.05) is 0 Å². The van der Waals surface area contributed by atoms with Gasteiger partial charge in [0.1, 0.15) is 5.60 Å². The van der Waals surface area contributed by atoms with Crippen molar-refractivity contribution < 1.29 is 24.2 Å². The number of anilines is 1. The molecule has 1 rings (SSSR count). The third kappa shape index (κ3) is 5.43. The number of hydrogen-bond acceptors (Lipinski definition) is 5. The maximum atomic E-state index is 12.2. The van der Waals surface area contributed by atoms with Gasteiger partial charge < -0.3 is 14.6 Å². The number of esters is 1. The summed E-state index contributed by atoms with van der Waals surface area (Å²) in [6.07, 6.45) is -2.08. The van der Waals surface area contributed by atoms with Crippen LogP contribution in [0, 0.1) is 0 Å². The van der Waals surface area contributed by atoms with E-state index >= 15 is 0 Å². The van der Waals surface area contributed by atoms with Crippen LogP contribution in [0.1, 0.15) is 20.8 Å². The maximum Gasteiger partial charge on any atom is 0.414 e. The number of carbonyl (C=O) groups excluding carboxylic acids is 2. The molecule has 0 aliphatic carbocycles. The summed E-state index contributed by atoms with van der Waals surface area (Å²) >= 11 is 0. The average molecular weight is 295 g/mol. The van der Waals surface area contributed by atoms with E-state index in [4.69, 9.17) is 4.74 Å². The summed E-state index contributed by atoms with van der Waals surface area (Å²) < 4.78 is 9.75. The van der Waals surface area contributed by atoms with Crippen LogP contribution in [-0.4, -0.2) is 42.5 Å². The van der Waals surface area contributed by atoms with E-state index in [0.29, 0.717) is 5.69 Å². The SMILES string of the molecule is COC(=O)C(O)CN(C(=O)OC(C)(C)C)c1ccccc1. The Balaban J connectivity index is 2.96. The van der Waals surface area contributed by atoms with Crippen LogP contribution in [0.5, 0.6) is 0 Å². The van der Waals surface area contributed by atoms with Crippen molar-refractivity contribution in [1.29, 1.82) is 0 Å². The van der Waals surface area contributed by atoms with Gasteiger partial charge in [-0.15, -0.1) is 0 Å². The molecule has 1 unspecified atom stereocenters. The van der Waals surface area contributed by atoms with E-state index in [2.05, 4.69) is 4.74 Å². The minimum absolute atomic E-state index is 0.244. The Morgan fingerprint density at radius 3 is 2.29 bits per heavy atom. The van der Waals surface area contributed by atoms with Gasteiger partial charge in [0.25, 0.3) is 0 Å². The summed E-state index contributed by atoms with van der Waals surface area (Å²) in [6, 6.07) is 8.67. The van der Waals surface area contributed by atoms with Gasteiger partial charge in [0, 0.05) is 5.69 Å². The van der Waals surface area contributed by atoms with Gasteiger partial charge in [-0.25, -0.2) is 9.59 Å². The lowest BCUT2D eigenvalue weighted by atomic mass is 10.2. The fourth-order valence-electron chi connectivity index (χ4n) is 1.59. The second-order valence-electron chi connectivity index (χ2n) is 5.47. The van der Waals surface area contributed by atoms with Gasteiger partial charge in [0.05, 0.1) is 13.7 Å². The second-order valence-corrected chi connectivity index (χ2v) is 5.47. The third-order valence-corrected chi connectivity index (χ3v) is 2.51. The second kappa shape index (κ2) is 7.08. The minimum Gasteiger partial charge on any atom is -0.467 e. The van der Waals surface area contributed by atoms with Crippen LogP contribution < -0.4 is 4.90 Å². The number of para-hydroxylation sites is 1. The average Bonchev–Trinajstić information content (AvgIpc) is 2.42. The third-order valence-electron chi connectivity index (χ3n) is 2.51. The van der Waals surface area contributed by atoms with E-state index in [9.17, 15) is 14.7 Å². The molecule has 1 amide bonds. The number of amides is 1. The molecule has 6 nitrogen and oxygen atoms in total. The number of nitrogens with zero attached hydrogens (tertiary/aromatic N) is 1.